The quantitative estimate of drug-likeness (QED) is 0.849. The summed E-state index contributed by atoms with van der Waals surface area (Å²) < 4.78 is 1.92. The fourth-order valence-corrected chi connectivity index (χ4v) is 1.91. The van der Waals surface area contributed by atoms with E-state index in [2.05, 4.69) is 0 Å². The molecular formula is C13H15N3OS. The van der Waals surface area contributed by atoms with E-state index in [1.54, 1.807) is 19.0 Å². The van der Waals surface area contributed by atoms with Crippen LogP contribution in [0.15, 0.2) is 30.5 Å². The molecule has 2 rings (SSSR count). The van der Waals surface area contributed by atoms with Crippen LogP contribution in [0.3, 0.4) is 0 Å². The van der Waals surface area contributed by atoms with Crippen LogP contribution >= 0.6 is 12.2 Å². The lowest BCUT2D eigenvalue weighted by Gasteiger charge is -2.11. The molecule has 2 N–H and O–H groups in total. The van der Waals surface area contributed by atoms with E-state index in [1.807, 2.05) is 35.0 Å². The predicted molar refractivity (Wildman–Crippen MR) is 76.5 cm³/mol. The minimum absolute atomic E-state index is 0.0610. The van der Waals surface area contributed by atoms with Crippen LogP contribution in [-0.2, 0) is 11.3 Å². The molecule has 0 saturated heterocycles. The van der Waals surface area contributed by atoms with Crippen molar-refractivity contribution < 1.29 is 4.79 Å². The second-order valence-corrected chi connectivity index (χ2v) is 4.81. The molecule has 0 bridgehead atoms. The first-order valence-electron chi connectivity index (χ1n) is 5.58. The first kappa shape index (κ1) is 12.6. The molecule has 0 aliphatic heterocycles. The molecule has 1 aromatic carbocycles. The number of benzene rings is 1. The van der Waals surface area contributed by atoms with Gasteiger partial charge in [-0.2, -0.15) is 0 Å². The molecule has 0 radical (unpaired) electrons. The van der Waals surface area contributed by atoms with Crippen molar-refractivity contribution in [2.45, 2.75) is 6.54 Å². The molecule has 0 fully saturated rings. The van der Waals surface area contributed by atoms with Crippen molar-refractivity contribution in [3.05, 3.63) is 36.0 Å². The first-order chi connectivity index (χ1) is 8.49. The van der Waals surface area contributed by atoms with Gasteiger partial charge in [-0.1, -0.05) is 12.2 Å². The van der Waals surface area contributed by atoms with Crippen molar-refractivity contribution in [3.63, 3.8) is 0 Å². The molecule has 0 aliphatic rings. The maximum Gasteiger partial charge on any atom is 0.241 e. The maximum atomic E-state index is 11.7. The highest BCUT2D eigenvalue weighted by atomic mass is 32.1. The lowest BCUT2D eigenvalue weighted by molar-refractivity contribution is -0.129. The Bertz CT molecular complexity index is 616. The molecule has 0 unspecified atom stereocenters. The number of thiocarbonyl (C=S) groups is 1. The zero-order valence-corrected chi connectivity index (χ0v) is 11.2. The van der Waals surface area contributed by atoms with Gasteiger partial charge in [-0.15, -0.1) is 0 Å². The van der Waals surface area contributed by atoms with E-state index in [4.69, 9.17) is 18.0 Å². The molecule has 0 atom stereocenters. The summed E-state index contributed by atoms with van der Waals surface area (Å²) in [6.07, 6.45) is 1.90. The molecule has 2 aromatic rings. The predicted octanol–water partition coefficient (Wildman–Crippen LogP) is 1.36. The van der Waals surface area contributed by atoms with Crippen LogP contribution in [0.4, 0.5) is 0 Å². The maximum absolute atomic E-state index is 11.7. The zero-order valence-electron chi connectivity index (χ0n) is 10.4. The molecule has 1 aromatic heterocycles. The second-order valence-electron chi connectivity index (χ2n) is 4.37. The summed E-state index contributed by atoms with van der Waals surface area (Å²) in [7, 11) is 3.50. The SMILES string of the molecule is CN(C)C(=O)Cn1ccc2cc(C(N)=S)ccc21. The molecule has 18 heavy (non-hydrogen) atoms. The largest absolute Gasteiger partial charge is 0.389 e. The van der Waals surface area contributed by atoms with Gasteiger partial charge in [0, 0.05) is 36.8 Å². The normalized spacial score (nSPS) is 10.6. The van der Waals surface area contributed by atoms with E-state index in [1.165, 1.54) is 0 Å². The molecule has 0 spiro atoms. The van der Waals surface area contributed by atoms with Crippen molar-refractivity contribution >= 4 is 34.0 Å². The van der Waals surface area contributed by atoms with E-state index < -0.39 is 0 Å². The van der Waals surface area contributed by atoms with Crippen LogP contribution < -0.4 is 5.73 Å². The van der Waals surface area contributed by atoms with Crippen LogP contribution in [0, 0.1) is 0 Å². The Morgan fingerprint density at radius 1 is 1.39 bits per heavy atom. The second kappa shape index (κ2) is 4.78. The Hall–Kier alpha value is -1.88. The lowest BCUT2D eigenvalue weighted by Crippen LogP contribution is -2.25. The van der Waals surface area contributed by atoms with Gasteiger partial charge in [-0.05, 0) is 24.3 Å². The molecular weight excluding hydrogens is 246 g/mol. The number of fused-ring (bicyclic) bond motifs is 1. The number of hydrogen-bond acceptors (Lipinski definition) is 2. The average molecular weight is 261 g/mol. The number of aromatic nitrogens is 1. The lowest BCUT2D eigenvalue weighted by atomic mass is 10.1. The van der Waals surface area contributed by atoms with Crippen LogP contribution in [0.2, 0.25) is 0 Å². The van der Waals surface area contributed by atoms with Crippen LogP contribution in [-0.4, -0.2) is 34.5 Å². The summed E-state index contributed by atoms with van der Waals surface area (Å²) in [6.45, 7) is 0.336. The number of carbonyl (C=O) groups excluding carboxylic acids is 1. The summed E-state index contributed by atoms with van der Waals surface area (Å²) in [4.78, 5) is 13.7. The van der Waals surface area contributed by atoms with E-state index in [0.29, 0.717) is 11.5 Å². The highest BCUT2D eigenvalue weighted by molar-refractivity contribution is 7.80. The summed E-state index contributed by atoms with van der Waals surface area (Å²) >= 11 is 4.95. The van der Waals surface area contributed by atoms with Crippen molar-refractivity contribution in [1.82, 2.24) is 9.47 Å². The zero-order chi connectivity index (χ0) is 13.3. The summed E-state index contributed by atoms with van der Waals surface area (Å²) in [5.74, 6) is 0.0610. The van der Waals surface area contributed by atoms with E-state index in [9.17, 15) is 4.79 Å². The molecule has 4 nitrogen and oxygen atoms in total. The van der Waals surface area contributed by atoms with Gasteiger partial charge in [-0.3, -0.25) is 4.79 Å². The van der Waals surface area contributed by atoms with E-state index in [0.717, 1.165) is 16.5 Å². The fourth-order valence-electron chi connectivity index (χ4n) is 1.78. The van der Waals surface area contributed by atoms with E-state index in [-0.39, 0.29) is 5.91 Å². The summed E-state index contributed by atoms with van der Waals surface area (Å²) in [5, 5.41) is 1.03. The van der Waals surface area contributed by atoms with Gasteiger partial charge in [0.15, 0.2) is 0 Å². The van der Waals surface area contributed by atoms with Gasteiger partial charge in [-0.25, -0.2) is 0 Å². The van der Waals surface area contributed by atoms with Crippen molar-refractivity contribution in [2.75, 3.05) is 14.1 Å². The van der Waals surface area contributed by atoms with Gasteiger partial charge < -0.3 is 15.2 Å². The number of rotatable bonds is 3. The van der Waals surface area contributed by atoms with E-state index >= 15 is 0 Å². The molecule has 1 amide bonds. The van der Waals surface area contributed by atoms with Crippen LogP contribution in [0.25, 0.3) is 10.9 Å². The highest BCUT2D eigenvalue weighted by Crippen LogP contribution is 2.18. The standard InChI is InChI=1S/C13H15N3OS/c1-15(2)12(17)8-16-6-5-9-7-10(13(14)18)3-4-11(9)16/h3-7H,8H2,1-2H3,(H2,14,18). The minimum Gasteiger partial charge on any atom is -0.389 e. The van der Waals surface area contributed by atoms with Crippen molar-refractivity contribution in [2.24, 2.45) is 5.73 Å². The van der Waals surface area contributed by atoms with Gasteiger partial charge >= 0.3 is 0 Å². The number of hydrogen-bond donors (Lipinski definition) is 1. The summed E-state index contributed by atoms with van der Waals surface area (Å²) in [6, 6.07) is 7.71. The molecule has 0 aliphatic carbocycles. The van der Waals surface area contributed by atoms with Gasteiger partial charge in [0.1, 0.15) is 11.5 Å². The summed E-state index contributed by atoms with van der Waals surface area (Å²) in [5.41, 5.74) is 7.44. The monoisotopic (exact) mass is 261 g/mol. The third-order valence-corrected chi connectivity index (χ3v) is 3.10. The third-order valence-electron chi connectivity index (χ3n) is 2.86. The Balaban J connectivity index is 2.37. The Labute approximate surface area is 111 Å². The van der Waals surface area contributed by atoms with Crippen LogP contribution in [0.5, 0.6) is 0 Å². The smallest absolute Gasteiger partial charge is 0.241 e. The topological polar surface area (TPSA) is 51.3 Å². The number of carbonyl (C=O) groups is 1. The molecule has 5 heteroatoms. The molecule has 0 saturated carbocycles. The minimum atomic E-state index is 0.0610. The van der Waals surface area contributed by atoms with Gasteiger partial charge in [0.05, 0.1) is 0 Å². The molecule has 94 valence electrons. The van der Waals surface area contributed by atoms with Crippen LogP contribution in [0.1, 0.15) is 5.56 Å². The number of nitrogens with two attached hydrogens (primary N) is 1. The fraction of sp³-hybridized carbons (Fsp3) is 0.231. The number of amides is 1. The van der Waals surface area contributed by atoms with Crippen molar-refractivity contribution in [3.8, 4) is 0 Å². The highest BCUT2D eigenvalue weighted by Gasteiger charge is 2.08. The number of likely N-dealkylation sites (N-methyl/N-ethyl adjacent to an activating group) is 1. The van der Waals surface area contributed by atoms with Crippen molar-refractivity contribution in [1.29, 1.82) is 0 Å². The third kappa shape index (κ3) is 2.36. The first-order valence-corrected chi connectivity index (χ1v) is 5.98. The van der Waals surface area contributed by atoms with Gasteiger partial charge in [0.2, 0.25) is 5.91 Å². The Morgan fingerprint density at radius 2 is 2.11 bits per heavy atom. The Morgan fingerprint density at radius 3 is 2.72 bits per heavy atom. The molecule has 1 heterocycles. The van der Waals surface area contributed by atoms with Gasteiger partial charge in [0.25, 0.3) is 0 Å². The average Bonchev–Trinajstić information content (AvgIpc) is 2.71. The number of nitrogens with zero attached hydrogens (tertiary/aromatic N) is 2. The Kier molecular flexibility index (Phi) is 3.34.